The minimum absolute atomic E-state index is 0.389. The van der Waals surface area contributed by atoms with Crippen LogP contribution in [0, 0.1) is 0 Å². The summed E-state index contributed by atoms with van der Waals surface area (Å²) in [6.45, 7) is 4.02. The van der Waals surface area contributed by atoms with Crippen molar-refractivity contribution in [1.29, 1.82) is 0 Å². The summed E-state index contributed by atoms with van der Waals surface area (Å²) in [4.78, 5) is 18.6. The minimum atomic E-state index is -0.833. The predicted molar refractivity (Wildman–Crippen MR) is 43.7 cm³/mol. The second-order valence-corrected chi connectivity index (χ2v) is 2.64. The first-order valence-corrected chi connectivity index (χ1v) is 4.14. The summed E-state index contributed by atoms with van der Waals surface area (Å²) in [6.07, 6.45) is 3.79. The topological polar surface area (TPSA) is 55.8 Å². The van der Waals surface area contributed by atoms with Crippen molar-refractivity contribution in [1.82, 2.24) is 0 Å². The number of carbonyl (C=O) groups is 1. The first-order chi connectivity index (χ1) is 5.66. The molecule has 1 unspecified atom stereocenters. The highest BCUT2D eigenvalue weighted by Gasteiger charge is 2.14. The van der Waals surface area contributed by atoms with Gasteiger partial charge in [0.2, 0.25) is 0 Å². The number of hydrogen-bond donors (Lipinski definition) is 1. The summed E-state index contributed by atoms with van der Waals surface area (Å²) in [5.74, 6) is -0.833. The van der Waals surface area contributed by atoms with Crippen LogP contribution < -0.4 is 0 Å². The maximum Gasteiger partial charge on any atom is 0.300 e. The van der Waals surface area contributed by atoms with E-state index < -0.39 is 5.97 Å². The Hall–Kier alpha value is -0.610. The molecular weight excluding hydrogens is 160 g/mol. The zero-order valence-electron chi connectivity index (χ0n) is 7.58. The van der Waals surface area contributed by atoms with Crippen molar-refractivity contribution in [3.05, 3.63) is 0 Å². The second-order valence-electron chi connectivity index (χ2n) is 2.64. The molecule has 0 amide bonds. The molecule has 1 saturated heterocycles. The van der Waals surface area contributed by atoms with Gasteiger partial charge in [-0.3, -0.25) is 4.79 Å². The number of hydrogen-bond acceptors (Lipinski definition) is 3. The van der Waals surface area contributed by atoms with Crippen LogP contribution in [0.3, 0.4) is 0 Å². The molecule has 1 rings (SSSR count). The Morgan fingerprint density at radius 3 is 2.58 bits per heavy atom. The third kappa shape index (κ3) is 7.50. The van der Waals surface area contributed by atoms with Gasteiger partial charge in [-0.2, -0.15) is 0 Å². The molecule has 0 bridgehead atoms. The Morgan fingerprint density at radius 2 is 2.25 bits per heavy atom. The molecular formula is C8H16O4. The number of carboxylic acids is 1. The van der Waals surface area contributed by atoms with Gasteiger partial charge in [0.1, 0.15) is 0 Å². The highest BCUT2D eigenvalue weighted by Crippen LogP contribution is 2.13. The minimum Gasteiger partial charge on any atom is -0.481 e. The fraction of sp³-hybridized carbons (Fsp3) is 0.875. The molecule has 0 saturated carbocycles. The molecule has 1 aliphatic heterocycles. The zero-order chi connectivity index (χ0) is 9.40. The molecule has 0 radical (unpaired) electrons. The highest BCUT2D eigenvalue weighted by atomic mass is 17.2. The molecule has 0 aromatic carbocycles. The summed E-state index contributed by atoms with van der Waals surface area (Å²) in [6, 6.07) is 0. The van der Waals surface area contributed by atoms with Gasteiger partial charge in [0.05, 0.1) is 12.7 Å². The van der Waals surface area contributed by atoms with E-state index in [-0.39, 0.29) is 0 Å². The molecule has 4 nitrogen and oxygen atoms in total. The van der Waals surface area contributed by atoms with Crippen LogP contribution in [0.1, 0.15) is 33.1 Å². The first kappa shape index (κ1) is 11.4. The third-order valence-corrected chi connectivity index (χ3v) is 1.34. The lowest BCUT2D eigenvalue weighted by Crippen LogP contribution is -2.02. The smallest absolute Gasteiger partial charge is 0.300 e. The van der Waals surface area contributed by atoms with Crippen LogP contribution in [0.2, 0.25) is 0 Å². The maximum absolute atomic E-state index is 9.00. The van der Waals surface area contributed by atoms with E-state index in [1.807, 2.05) is 0 Å². The number of aliphatic carboxylic acids is 1. The molecule has 12 heavy (non-hydrogen) atoms. The van der Waals surface area contributed by atoms with Crippen molar-refractivity contribution in [3.63, 3.8) is 0 Å². The van der Waals surface area contributed by atoms with E-state index in [1.165, 1.54) is 6.42 Å². The fourth-order valence-corrected chi connectivity index (χ4v) is 0.886. The molecule has 0 aromatic heterocycles. The quantitative estimate of drug-likeness (QED) is 0.649. The van der Waals surface area contributed by atoms with Gasteiger partial charge in [-0.1, -0.05) is 13.3 Å². The predicted octanol–water partition coefficient (Wildman–Crippen LogP) is 1.60. The van der Waals surface area contributed by atoms with E-state index in [4.69, 9.17) is 19.7 Å². The van der Waals surface area contributed by atoms with Crippen molar-refractivity contribution in [2.45, 2.75) is 39.2 Å². The molecule has 0 spiro atoms. The molecule has 1 aliphatic rings. The van der Waals surface area contributed by atoms with E-state index in [1.54, 1.807) is 0 Å². The van der Waals surface area contributed by atoms with Crippen molar-refractivity contribution < 1.29 is 19.7 Å². The largest absolute Gasteiger partial charge is 0.481 e. The van der Waals surface area contributed by atoms with E-state index >= 15 is 0 Å². The van der Waals surface area contributed by atoms with Crippen molar-refractivity contribution >= 4 is 5.97 Å². The van der Waals surface area contributed by atoms with Gasteiger partial charge >= 0.3 is 0 Å². The summed E-state index contributed by atoms with van der Waals surface area (Å²) in [5.41, 5.74) is 0. The van der Waals surface area contributed by atoms with Crippen molar-refractivity contribution in [3.8, 4) is 0 Å². The van der Waals surface area contributed by atoms with Gasteiger partial charge in [0, 0.05) is 13.3 Å². The molecule has 1 atom stereocenters. The lowest BCUT2D eigenvalue weighted by Gasteiger charge is -2.01. The average Bonchev–Trinajstić information content (AvgIpc) is 2.39. The van der Waals surface area contributed by atoms with E-state index in [9.17, 15) is 0 Å². The van der Waals surface area contributed by atoms with Crippen LogP contribution >= 0.6 is 0 Å². The lowest BCUT2D eigenvalue weighted by molar-refractivity contribution is -0.275. The van der Waals surface area contributed by atoms with Crippen LogP contribution in [-0.4, -0.2) is 23.8 Å². The molecule has 0 aromatic rings. The second kappa shape index (κ2) is 7.06. The van der Waals surface area contributed by atoms with Crippen LogP contribution in [-0.2, 0) is 14.6 Å². The molecule has 1 fully saturated rings. The Morgan fingerprint density at radius 1 is 1.67 bits per heavy atom. The third-order valence-electron chi connectivity index (χ3n) is 1.34. The Labute approximate surface area is 72.4 Å². The van der Waals surface area contributed by atoms with E-state index in [0.29, 0.717) is 6.10 Å². The van der Waals surface area contributed by atoms with Gasteiger partial charge in [-0.15, -0.1) is 0 Å². The maximum atomic E-state index is 9.00. The normalized spacial score (nSPS) is 21.3. The highest BCUT2D eigenvalue weighted by molar-refractivity contribution is 5.62. The molecule has 1 heterocycles. The summed E-state index contributed by atoms with van der Waals surface area (Å²) < 4.78 is 0. The summed E-state index contributed by atoms with van der Waals surface area (Å²) in [7, 11) is 0. The van der Waals surface area contributed by atoms with Crippen LogP contribution in [0.15, 0.2) is 0 Å². The standard InChI is InChI=1S/C6H12O2.C2H4O2/c1-2-3-6-4-5-7-8-6;1-2(3)4/h6H,2-5H2,1H3;1H3,(H,3,4). The Kier molecular flexibility index (Phi) is 6.70. The van der Waals surface area contributed by atoms with Gasteiger partial charge in [0.15, 0.2) is 0 Å². The Bertz CT molecular complexity index is 114. The van der Waals surface area contributed by atoms with Crippen molar-refractivity contribution in [2.24, 2.45) is 0 Å². The molecule has 0 aliphatic carbocycles. The number of carboxylic acid groups (broad SMARTS) is 1. The SMILES string of the molecule is CC(=O)O.CCCC1CCOO1. The monoisotopic (exact) mass is 176 g/mol. The van der Waals surface area contributed by atoms with Gasteiger partial charge in [-0.05, 0) is 6.42 Å². The molecule has 1 N–H and O–H groups in total. The van der Waals surface area contributed by atoms with Gasteiger partial charge in [0.25, 0.3) is 5.97 Å². The average molecular weight is 176 g/mol. The van der Waals surface area contributed by atoms with Crippen LogP contribution in [0.25, 0.3) is 0 Å². The van der Waals surface area contributed by atoms with Crippen molar-refractivity contribution in [2.75, 3.05) is 6.61 Å². The summed E-state index contributed by atoms with van der Waals surface area (Å²) >= 11 is 0. The summed E-state index contributed by atoms with van der Waals surface area (Å²) in [5, 5.41) is 7.42. The zero-order valence-corrected chi connectivity index (χ0v) is 7.58. The Balaban J connectivity index is 0.000000261. The fourth-order valence-electron chi connectivity index (χ4n) is 0.886. The van der Waals surface area contributed by atoms with Gasteiger partial charge in [-0.25, -0.2) is 9.78 Å². The van der Waals surface area contributed by atoms with Crippen LogP contribution in [0.4, 0.5) is 0 Å². The van der Waals surface area contributed by atoms with E-state index in [2.05, 4.69) is 6.92 Å². The van der Waals surface area contributed by atoms with E-state index in [0.717, 1.165) is 26.4 Å². The van der Waals surface area contributed by atoms with Gasteiger partial charge < -0.3 is 5.11 Å². The molecule has 4 heteroatoms. The first-order valence-electron chi connectivity index (χ1n) is 4.14. The lowest BCUT2D eigenvalue weighted by atomic mass is 10.2. The number of rotatable bonds is 2. The van der Waals surface area contributed by atoms with Crippen LogP contribution in [0.5, 0.6) is 0 Å². The molecule has 72 valence electrons.